The standard InChI is InChI=1S/C22H27N3O/c1-16-7-5-6-10-21(16)24-22(26)23-18-13-19-11-12-20(14-18)25(19)15-17-8-3-2-4-9-17/h2-10,18-20H,11-15H2,1H3,(H2,23,24,26)/t19-,20-/m0/s1. The second-order valence-electron chi connectivity index (χ2n) is 7.62. The minimum absolute atomic E-state index is 0.0831. The maximum atomic E-state index is 12.4. The number of hydrogen-bond donors (Lipinski definition) is 2. The van der Waals surface area contributed by atoms with Crippen molar-refractivity contribution in [3.05, 3.63) is 65.7 Å². The monoisotopic (exact) mass is 349 g/mol. The number of nitrogens with one attached hydrogen (secondary N) is 2. The Morgan fingerprint density at radius 1 is 1.00 bits per heavy atom. The van der Waals surface area contributed by atoms with Gasteiger partial charge >= 0.3 is 6.03 Å². The van der Waals surface area contributed by atoms with Crippen molar-refractivity contribution in [3.8, 4) is 0 Å². The molecule has 0 saturated carbocycles. The van der Waals surface area contributed by atoms with Crippen molar-refractivity contribution < 1.29 is 4.79 Å². The molecule has 2 aromatic rings. The number of hydrogen-bond acceptors (Lipinski definition) is 2. The first-order valence-corrected chi connectivity index (χ1v) is 9.62. The van der Waals surface area contributed by atoms with Crippen LogP contribution in [0.25, 0.3) is 0 Å². The number of amides is 2. The summed E-state index contributed by atoms with van der Waals surface area (Å²) in [6, 6.07) is 19.9. The predicted octanol–water partition coefficient (Wildman–Crippen LogP) is 4.31. The van der Waals surface area contributed by atoms with Crippen LogP contribution < -0.4 is 10.6 Å². The zero-order chi connectivity index (χ0) is 17.9. The molecule has 2 saturated heterocycles. The number of benzene rings is 2. The minimum atomic E-state index is -0.0831. The Labute approximate surface area is 155 Å². The van der Waals surface area contributed by atoms with Crippen LogP contribution in [0.2, 0.25) is 0 Å². The van der Waals surface area contributed by atoms with Crippen molar-refractivity contribution in [3.63, 3.8) is 0 Å². The van der Waals surface area contributed by atoms with Crippen LogP contribution in [-0.4, -0.2) is 29.1 Å². The zero-order valence-electron chi connectivity index (χ0n) is 15.3. The quantitative estimate of drug-likeness (QED) is 0.864. The van der Waals surface area contributed by atoms with E-state index in [-0.39, 0.29) is 12.1 Å². The van der Waals surface area contributed by atoms with Gasteiger partial charge in [0, 0.05) is 30.4 Å². The highest BCUT2D eigenvalue weighted by Crippen LogP contribution is 2.36. The molecule has 4 rings (SSSR count). The van der Waals surface area contributed by atoms with Crippen LogP contribution in [0.3, 0.4) is 0 Å². The number of carbonyl (C=O) groups is 1. The Balaban J connectivity index is 1.34. The molecule has 2 fully saturated rings. The first kappa shape index (κ1) is 17.1. The van der Waals surface area contributed by atoms with E-state index in [0.717, 1.165) is 30.6 Å². The number of fused-ring (bicyclic) bond motifs is 2. The van der Waals surface area contributed by atoms with Crippen LogP contribution in [0.5, 0.6) is 0 Å². The van der Waals surface area contributed by atoms with E-state index in [1.54, 1.807) is 0 Å². The summed E-state index contributed by atoms with van der Waals surface area (Å²) in [4.78, 5) is 15.0. The van der Waals surface area contributed by atoms with Gasteiger partial charge in [-0.25, -0.2) is 4.79 Å². The summed E-state index contributed by atoms with van der Waals surface area (Å²) in [5.74, 6) is 0. The van der Waals surface area contributed by atoms with E-state index in [0.29, 0.717) is 12.1 Å². The second kappa shape index (κ2) is 7.50. The molecule has 26 heavy (non-hydrogen) atoms. The molecule has 2 heterocycles. The van der Waals surface area contributed by atoms with Gasteiger partial charge in [0.05, 0.1) is 0 Å². The van der Waals surface area contributed by atoms with E-state index < -0.39 is 0 Å². The summed E-state index contributed by atoms with van der Waals surface area (Å²) in [6.07, 6.45) is 4.58. The molecular formula is C22H27N3O. The van der Waals surface area contributed by atoms with Gasteiger partial charge in [0.15, 0.2) is 0 Å². The van der Waals surface area contributed by atoms with Gasteiger partial charge in [-0.2, -0.15) is 0 Å². The van der Waals surface area contributed by atoms with Crippen molar-refractivity contribution in [2.24, 2.45) is 0 Å². The molecule has 2 N–H and O–H groups in total. The summed E-state index contributed by atoms with van der Waals surface area (Å²) >= 11 is 0. The maximum absolute atomic E-state index is 12.4. The summed E-state index contributed by atoms with van der Waals surface area (Å²) in [7, 11) is 0. The molecule has 2 aliphatic rings. The van der Waals surface area contributed by atoms with Crippen molar-refractivity contribution in [1.82, 2.24) is 10.2 Å². The first-order chi connectivity index (χ1) is 12.7. The lowest BCUT2D eigenvalue weighted by Crippen LogP contribution is -2.50. The average molecular weight is 349 g/mol. The minimum Gasteiger partial charge on any atom is -0.335 e. The van der Waals surface area contributed by atoms with Crippen LogP contribution >= 0.6 is 0 Å². The van der Waals surface area contributed by atoms with Crippen molar-refractivity contribution >= 4 is 11.7 Å². The van der Waals surface area contributed by atoms with Gasteiger partial charge < -0.3 is 10.6 Å². The Kier molecular flexibility index (Phi) is 4.93. The summed E-state index contributed by atoms with van der Waals surface area (Å²) < 4.78 is 0. The van der Waals surface area contributed by atoms with Gasteiger partial charge in [-0.1, -0.05) is 48.5 Å². The molecule has 4 heteroatoms. The summed E-state index contributed by atoms with van der Waals surface area (Å²) in [5.41, 5.74) is 3.35. The van der Waals surface area contributed by atoms with Gasteiger partial charge in [-0.15, -0.1) is 0 Å². The van der Waals surface area contributed by atoms with Gasteiger partial charge in [-0.3, -0.25) is 4.90 Å². The lowest BCUT2D eigenvalue weighted by Gasteiger charge is -2.39. The second-order valence-corrected chi connectivity index (χ2v) is 7.62. The molecule has 0 unspecified atom stereocenters. The van der Waals surface area contributed by atoms with Crippen LogP contribution in [0.4, 0.5) is 10.5 Å². The molecule has 2 aliphatic heterocycles. The molecular weight excluding hydrogens is 322 g/mol. The average Bonchev–Trinajstić information content (AvgIpc) is 2.87. The normalized spacial score (nSPS) is 25.0. The number of para-hydroxylation sites is 1. The van der Waals surface area contributed by atoms with E-state index >= 15 is 0 Å². The van der Waals surface area contributed by atoms with Crippen LogP contribution in [0, 0.1) is 6.92 Å². The Morgan fingerprint density at radius 2 is 1.65 bits per heavy atom. The third-order valence-electron chi connectivity index (χ3n) is 5.82. The smallest absolute Gasteiger partial charge is 0.319 e. The summed E-state index contributed by atoms with van der Waals surface area (Å²) in [6.45, 7) is 3.04. The molecule has 0 spiro atoms. The van der Waals surface area contributed by atoms with E-state index in [1.165, 1.54) is 18.4 Å². The van der Waals surface area contributed by atoms with E-state index in [1.807, 2.05) is 31.2 Å². The summed E-state index contributed by atoms with van der Waals surface area (Å²) in [5, 5.41) is 6.20. The molecule has 0 radical (unpaired) electrons. The fourth-order valence-electron chi connectivity index (χ4n) is 4.50. The molecule has 2 amide bonds. The highest BCUT2D eigenvalue weighted by Gasteiger charge is 2.40. The fraction of sp³-hybridized carbons (Fsp3) is 0.409. The lowest BCUT2D eigenvalue weighted by atomic mass is 9.96. The number of nitrogens with zero attached hydrogens (tertiary/aromatic N) is 1. The highest BCUT2D eigenvalue weighted by molar-refractivity contribution is 5.90. The van der Waals surface area contributed by atoms with Gasteiger partial charge in [-0.05, 0) is 49.8 Å². The topological polar surface area (TPSA) is 44.4 Å². The number of piperidine rings is 1. The Bertz CT molecular complexity index is 747. The maximum Gasteiger partial charge on any atom is 0.319 e. The molecule has 0 aromatic heterocycles. The van der Waals surface area contributed by atoms with Gasteiger partial charge in [0.25, 0.3) is 0 Å². The number of anilines is 1. The van der Waals surface area contributed by atoms with Crippen LogP contribution in [0.15, 0.2) is 54.6 Å². The van der Waals surface area contributed by atoms with Crippen LogP contribution in [0.1, 0.15) is 36.8 Å². The number of rotatable bonds is 4. The molecule has 2 aromatic carbocycles. The fourth-order valence-corrected chi connectivity index (χ4v) is 4.50. The third-order valence-corrected chi connectivity index (χ3v) is 5.82. The van der Waals surface area contributed by atoms with E-state index in [9.17, 15) is 4.79 Å². The first-order valence-electron chi connectivity index (χ1n) is 9.62. The van der Waals surface area contributed by atoms with Crippen molar-refractivity contribution in [1.29, 1.82) is 0 Å². The van der Waals surface area contributed by atoms with Crippen molar-refractivity contribution in [2.75, 3.05) is 5.32 Å². The lowest BCUT2D eigenvalue weighted by molar-refractivity contribution is 0.112. The third kappa shape index (κ3) is 3.75. The van der Waals surface area contributed by atoms with E-state index in [2.05, 4.69) is 45.9 Å². The largest absolute Gasteiger partial charge is 0.335 e. The number of carbonyl (C=O) groups excluding carboxylic acids is 1. The Morgan fingerprint density at radius 3 is 2.35 bits per heavy atom. The van der Waals surface area contributed by atoms with Gasteiger partial charge in [0.1, 0.15) is 0 Å². The highest BCUT2D eigenvalue weighted by atomic mass is 16.2. The zero-order valence-corrected chi connectivity index (χ0v) is 15.3. The molecule has 4 nitrogen and oxygen atoms in total. The molecule has 0 aliphatic carbocycles. The van der Waals surface area contributed by atoms with Crippen LogP contribution in [-0.2, 0) is 6.54 Å². The SMILES string of the molecule is Cc1ccccc1NC(=O)NC1C[C@@H]2CC[C@@H](C1)N2Cc1ccccc1. The number of aryl methyl sites for hydroxylation is 1. The van der Waals surface area contributed by atoms with Gasteiger partial charge in [0.2, 0.25) is 0 Å². The van der Waals surface area contributed by atoms with E-state index in [4.69, 9.17) is 0 Å². The molecule has 2 bridgehead atoms. The number of urea groups is 1. The molecule has 2 atom stereocenters. The van der Waals surface area contributed by atoms with Crippen molar-refractivity contribution in [2.45, 2.75) is 57.3 Å². The Hall–Kier alpha value is -2.33. The molecule has 136 valence electrons. The predicted molar refractivity (Wildman–Crippen MR) is 105 cm³/mol.